The summed E-state index contributed by atoms with van der Waals surface area (Å²) in [7, 11) is 3.01. The number of methoxy groups -OCH3 is 2. The van der Waals surface area contributed by atoms with Crippen LogP contribution >= 0.6 is 0 Å². The normalized spacial score (nSPS) is 18.9. The van der Waals surface area contributed by atoms with Crippen molar-refractivity contribution in [3.8, 4) is 22.8 Å². The van der Waals surface area contributed by atoms with E-state index < -0.39 is 12.6 Å². The lowest BCUT2D eigenvalue weighted by atomic mass is 9.88. The molecule has 7 nitrogen and oxygen atoms in total. The molecular formula is C30H36F3N3O4. The SMILES string of the molecule is COc1ccc(-c2[nH]c3ccc(C4CCN(CC(=O)N5CCC[C@@H]5CO)CC4)cc3c2CC(F)(F)F)cc1OC. The zero-order valence-electron chi connectivity index (χ0n) is 22.9. The first kappa shape index (κ1) is 28.3. The lowest BCUT2D eigenvalue weighted by molar-refractivity contribution is -0.134. The van der Waals surface area contributed by atoms with Gasteiger partial charge in [0.05, 0.1) is 45.5 Å². The molecule has 1 aromatic heterocycles. The number of ether oxygens (including phenoxy) is 2. The topological polar surface area (TPSA) is 78.0 Å². The maximum atomic E-state index is 13.8. The largest absolute Gasteiger partial charge is 0.493 e. The van der Waals surface area contributed by atoms with Crippen molar-refractivity contribution >= 4 is 16.8 Å². The predicted molar refractivity (Wildman–Crippen MR) is 147 cm³/mol. The number of nitrogens with zero attached hydrogens (tertiary/aromatic N) is 2. The van der Waals surface area contributed by atoms with Crippen molar-refractivity contribution in [2.24, 2.45) is 0 Å². The molecule has 0 unspecified atom stereocenters. The number of amides is 1. The van der Waals surface area contributed by atoms with E-state index in [9.17, 15) is 23.1 Å². The summed E-state index contributed by atoms with van der Waals surface area (Å²) in [5, 5.41) is 10.1. The molecule has 1 atom stereocenters. The number of piperidine rings is 1. The van der Waals surface area contributed by atoms with E-state index in [1.807, 2.05) is 18.2 Å². The molecule has 0 bridgehead atoms. The van der Waals surface area contributed by atoms with E-state index in [-0.39, 0.29) is 30.0 Å². The number of hydrogen-bond donors (Lipinski definition) is 2. The number of aliphatic hydroxyl groups is 1. The van der Waals surface area contributed by atoms with Gasteiger partial charge >= 0.3 is 6.18 Å². The summed E-state index contributed by atoms with van der Waals surface area (Å²) >= 11 is 0. The van der Waals surface area contributed by atoms with Crippen LogP contribution in [-0.4, -0.2) is 85.0 Å². The molecule has 216 valence electrons. The summed E-state index contributed by atoms with van der Waals surface area (Å²) in [4.78, 5) is 20.0. The lowest BCUT2D eigenvalue weighted by Gasteiger charge is -2.33. The average Bonchev–Trinajstić information content (AvgIpc) is 3.57. The number of H-pyrrole nitrogens is 1. The van der Waals surface area contributed by atoms with Gasteiger partial charge in [0.15, 0.2) is 11.5 Å². The standard InChI is InChI=1S/C30H36F3N3O4/c1-39-26-8-6-21(15-27(26)40-2)29-24(16-30(31,32)33)23-14-20(5-7-25(23)34-29)19-9-12-35(13-10-19)17-28(38)36-11-3-4-22(36)18-37/h5-8,14-15,19,22,34,37H,3-4,9-13,16-18H2,1-2H3/t22-/m1/s1. The van der Waals surface area contributed by atoms with Crippen molar-refractivity contribution in [3.05, 3.63) is 47.5 Å². The van der Waals surface area contributed by atoms with Gasteiger partial charge in [0.1, 0.15) is 0 Å². The van der Waals surface area contributed by atoms with Gasteiger partial charge in [0.2, 0.25) is 5.91 Å². The van der Waals surface area contributed by atoms with E-state index in [1.165, 1.54) is 14.2 Å². The quantitative estimate of drug-likeness (QED) is 0.401. The molecule has 5 rings (SSSR count). The van der Waals surface area contributed by atoms with E-state index in [1.54, 1.807) is 23.1 Å². The molecule has 0 radical (unpaired) electrons. The number of carbonyl (C=O) groups excluding carboxylic acids is 1. The second-order valence-electron chi connectivity index (χ2n) is 10.8. The summed E-state index contributed by atoms with van der Waals surface area (Å²) in [6.07, 6.45) is -2.01. The Morgan fingerprint density at radius 3 is 2.45 bits per heavy atom. The Hall–Kier alpha value is -3.24. The molecule has 2 aliphatic rings. The maximum Gasteiger partial charge on any atom is 0.393 e. The number of aliphatic hydroxyl groups excluding tert-OH is 1. The molecule has 3 heterocycles. The molecule has 2 aliphatic heterocycles. The number of halogens is 3. The highest BCUT2D eigenvalue weighted by Gasteiger charge is 2.33. The minimum Gasteiger partial charge on any atom is -0.493 e. The van der Waals surface area contributed by atoms with Crippen LogP contribution in [0.15, 0.2) is 36.4 Å². The van der Waals surface area contributed by atoms with Crippen LogP contribution < -0.4 is 9.47 Å². The van der Waals surface area contributed by atoms with Gasteiger partial charge in [-0.3, -0.25) is 9.69 Å². The van der Waals surface area contributed by atoms with Gasteiger partial charge < -0.3 is 24.5 Å². The average molecular weight is 560 g/mol. The number of likely N-dealkylation sites (tertiary alicyclic amines) is 2. The molecule has 2 saturated heterocycles. The number of nitrogens with one attached hydrogen (secondary N) is 1. The fourth-order valence-corrected chi connectivity index (χ4v) is 6.20. The Bertz CT molecular complexity index is 1350. The molecule has 0 spiro atoms. The van der Waals surface area contributed by atoms with Crippen LogP contribution in [0.25, 0.3) is 22.2 Å². The monoisotopic (exact) mass is 559 g/mol. The van der Waals surface area contributed by atoms with Crippen LogP contribution in [0.1, 0.15) is 42.7 Å². The smallest absolute Gasteiger partial charge is 0.393 e. The van der Waals surface area contributed by atoms with Crippen LogP contribution in [0.4, 0.5) is 13.2 Å². The highest BCUT2D eigenvalue weighted by molar-refractivity contribution is 5.92. The van der Waals surface area contributed by atoms with Gasteiger partial charge in [-0.2, -0.15) is 13.2 Å². The Balaban J connectivity index is 1.36. The number of aromatic amines is 1. The molecule has 0 aliphatic carbocycles. The van der Waals surface area contributed by atoms with E-state index in [0.29, 0.717) is 46.7 Å². The summed E-state index contributed by atoms with van der Waals surface area (Å²) in [5.41, 5.74) is 2.89. The lowest BCUT2D eigenvalue weighted by Crippen LogP contribution is -2.45. The summed E-state index contributed by atoms with van der Waals surface area (Å²) in [5.74, 6) is 1.21. The first-order valence-corrected chi connectivity index (χ1v) is 13.8. The van der Waals surface area contributed by atoms with Gasteiger partial charge in [-0.05, 0) is 86.1 Å². The Morgan fingerprint density at radius 2 is 1.77 bits per heavy atom. The third-order valence-corrected chi connectivity index (χ3v) is 8.31. The predicted octanol–water partition coefficient (Wildman–Crippen LogP) is 5.12. The Labute approximate surface area is 231 Å². The van der Waals surface area contributed by atoms with Gasteiger partial charge in [0, 0.05) is 23.0 Å². The number of alkyl halides is 3. The first-order valence-electron chi connectivity index (χ1n) is 13.8. The first-order chi connectivity index (χ1) is 19.2. The van der Waals surface area contributed by atoms with E-state index in [4.69, 9.17) is 9.47 Å². The minimum atomic E-state index is -4.38. The highest BCUT2D eigenvalue weighted by atomic mass is 19.4. The number of hydrogen-bond acceptors (Lipinski definition) is 5. The van der Waals surface area contributed by atoms with Crippen LogP contribution in [0.3, 0.4) is 0 Å². The number of carbonyl (C=O) groups is 1. The van der Waals surface area contributed by atoms with Gasteiger partial charge in [-0.25, -0.2) is 0 Å². The molecule has 2 aromatic carbocycles. The van der Waals surface area contributed by atoms with Crippen molar-refractivity contribution in [1.82, 2.24) is 14.8 Å². The summed E-state index contributed by atoms with van der Waals surface area (Å²) < 4.78 is 52.0. The van der Waals surface area contributed by atoms with Crippen LogP contribution in [0.2, 0.25) is 0 Å². The van der Waals surface area contributed by atoms with Crippen molar-refractivity contribution in [1.29, 1.82) is 0 Å². The zero-order valence-corrected chi connectivity index (χ0v) is 22.9. The fraction of sp³-hybridized carbons (Fsp3) is 0.500. The van der Waals surface area contributed by atoms with Crippen LogP contribution in [0.5, 0.6) is 11.5 Å². The molecule has 2 fully saturated rings. The Morgan fingerprint density at radius 1 is 1.02 bits per heavy atom. The molecule has 40 heavy (non-hydrogen) atoms. The molecule has 2 N–H and O–H groups in total. The molecule has 10 heteroatoms. The van der Waals surface area contributed by atoms with Crippen LogP contribution in [0, 0.1) is 0 Å². The zero-order chi connectivity index (χ0) is 28.4. The van der Waals surface area contributed by atoms with Crippen LogP contribution in [-0.2, 0) is 11.2 Å². The number of fused-ring (bicyclic) bond motifs is 1. The van der Waals surface area contributed by atoms with Gasteiger partial charge in [-0.1, -0.05) is 6.07 Å². The summed E-state index contributed by atoms with van der Waals surface area (Å²) in [6, 6.07) is 10.8. The molecule has 0 saturated carbocycles. The van der Waals surface area contributed by atoms with E-state index in [2.05, 4.69) is 9.88 Å². The van der Waals surface area contributed by atoms with Crippen molar-refractivity contribution in [2.45, 2.75) is 50.2 Å². The Kier molecular flexibility index (Phi) is 8.28. The highest BCUT2D eigenvalue weighted by Crippen LogP contribution is 2.40. The third-order valence-electron chi connectivity index (χ3n) is 8.31. The van der Waals surface area contributed by atoms with Gasteiger partial charge in [-0.15, -0.1) is 0 Å². The summed E-state index contributed by atoms with van der Waals surface area (Å²) in [6.45, 7) is 2.52. The number of rotatable bonds is 8. The molecule has 3 aromatic rings. The van der Waals surface area contributed by atoms with E-state index in [0.717, 1.165) is 44.3 Å². The maximum absolute atomic E-state index is 13.8. The van der Waals surface area contributed by atoms with Crippen molar-refractivity contribution in [3.63, 3.8) is 0 Å². The van der Waals surface area contributed by atoms with Crippen molar-refractivity contribution < 1.29 is 32.5 Å². The van der Waals surface area contributed by atoms with Crippen molar-refractivity contribution in [2.75, 3.05) is 47.0 Å². The minimum absolute atomic E-state index is 0.000499. The number of aromatic nitrogens is 1. The van der Waals surface area contributed by atoms with E-state index >= 15 is 0 Å². The second-order valence-corrected chi connectivity index (χ2v) is 10.8. The van der Waals surface area contributed by atoms with Gasteiger partial charge in [0.25, 0.3) is 0 Å². The third kappa shape index (κ3) is 5.93. The second kappa shape index (κ2) is 11.7. The molecular weight excluding hydrogens is 523 g/mol. The number of benzene rings is 2. The fourth-order valence-electron chi connectivity index (χ4n) is 6.20. The molecule has 1 amide bonds.